The number of halogens is 3. The first-order chi connectivity index (χ1) is 8.61. The zero-order chi connectivity index (χ0) is 13.1. The molecule has 0 atom stereocenters. The summed E-state index contributed by atoms with van der Waals surface area (Å²) in [5, 5.41) is 3.00. The zero-order valence-corrected chi connectivity index (χ0v) is 11.3. The van der Waals surface area contributed by atoms with Gasteiger partial charge in [-0.3, -0.25) is 0 Å². The molecule has 0 spiro atoms. The fourth-order valence-electron chi connectivity index (χ4n) is 1.62. The van der Waals surface area contributed by atoms with Crippen molar-refractivity contribution in [3.05, 3.63) is 40.3 Å². The number of aromatic nitrogens is 2. The van der Waals surface area contributed by atoms with Gasteiger partial charge in [-0.25, -0.2) is 13.8 Å². The molecule has 0 unspecified atom stereocenters. The minimum atomic E-state index is -0.623. The molecule has 0 fully saturated rings. The van der Waals surface area contributed by atoms with Crippen molar-refractivity contribution in [2.45, 2.75) is 6.42 Å². The Labute approximate surface area is 112 Å². The van der Waals surface area contributed by atoms with E-state index < -0.39 is 11.6 Å². The summed E-state index contributed by atoms with van der Waals surface area (Å²) >= 11 is 3.30. The molecular formula is C12H12BrF2N3. The number of rotatable bonds is 4. The Morgan fingerprint density at radius 3 is 2.83 bits per heavy atom. The van der Waals surface area contributed by atoms with E-state index in [1.807, 2.05) is 7.05 Å². The van der Waals surface area contributed by atoms with Gasteiger partial charge in [0.25, 0.3) is 0 Å². The Kier molecular flexibility index (Phi) is 4.08. The highest BCUT2D eigenvalue weighted by Crippen LogP contribution is 2.28. The molecule has 2 N–H and O–H groups in total. The number of nitrogens with one attached hydrogen (secondary N) is 2. The van der Waals surface area contributed by atoms with Gasteiger partial charge in [0, 0.05) is 24.6 Å². The first kappa shape index (κ1) is 13.2. The SMILES string of the molecule is CNCCc1nc(-c2ccc(F)cc2F)c(Br)[nH]1. The second-order valence-electron chi connectivity index (χ2n) is 3.82. The molecule has 0 aliphatic carbocycles. The highest BCUT2D eigenvalue weighted by Gasteiger charge is 2.14. The van der Waals surface area contributed by atoms with Gasteiger partial charge in [-0.1, -0.05) is 0 Å². The summed E-state index contributed by atoms with van der Waals surface area (Å²) in [5.74, 6) is -0.476. The van der Waals surface area contributed by atoms with Crippen molar-refractivity contribution in [3.63, 3.8) is 0 Å². The molecule has 0 radical (unpaired) electrons. The lowest BCUT2D eigenvalue weighted by Gasteiger charge is -2.00. The molecule has 1 heterocycles. The van der Waals surface area contributed by atoms with Crippen molar-refractivity contribution in [2.75, 3.05) is 13.6 Å². The third-order valence-corrected chi connectivity index (χ3v) is 3.08. The first-order valence-corrected chi connectivity index (χ1v) is 6.25. The number of hydrogen-bond acceptors (Lipinski definition) is 2. The average Bonchev–Trinajstić information content (AvgIpc) is 2.68. The van der Waals surface area contributed by atoms with Gasteiger partial charge in [0.05, 0.1) is 0 Å². The Bertz CT molecular complexity index is 554. The van der Waals surface area contributed by atoms with Crippen LogP contribution in [0.15, 0.2) is 22.8 Å². The normalized spacial score (nSPS) is 10.9. The lowest BCUT2D eigenvalue weighted by Crippen LogP contribution is -2.11. The van der Waals surface area contributed by atoms with Crippen molar-refractivity contribution in [3.8, 4) is 11.3 Å². The highest BCUT2D eigenvalue weighted by molar-refractivity contribution is 9.10. The molecule has 6 heteroatoms. The summed E-state index contributed by atoms with van der Waals surface area (Å²) in [6.45, 7) is 0.769. The summed E-state index contributed by atoms with van der Waals surface area (Å²) in [7, 11) is 1.85. The van der Waals surface area contributed by atoms with Gasteiger partial charge in [0.2, 0.25) is 0 Å². The smallest absolute Gasteiger partial charge is 0.135 e. The first-order valence-electron chi connectivity index (χ1n) is 5.46. The van der Waals surface area contributed by atoms with Crippen LogP contribution in [0.5, 0.6) is 0 Å². The van der Waals surface area contributed by atoms with E-state index in [0.717, 1.165) is 18.4 Å². The molecule has 0 amide bonds. The van der Waals surface area contributed by atoms with Crippen LogP contribution in [0.4, 0.5) is 8.78 Å². The quantitative estimate of drug-likeness (QED) is 0.911. The van der Waals surface area contributed by atoms with Gasteiger partial charge >= 0.3 is 0 Å². The molecule has 18 heavy (non-hydrogen) atoms. The molecule has 0 saturated carbocycles. The highest BCUT2D eigenvalue weighted by atomic mass is 79.9. The van der Waals surface area contributed by atoms with Crippen molar-refractivity contribution in [2.24, 2.45) is 0 Å². The monoisotopic (exact) mass is 315 g/mol. The predicted molar refractivity (Wildman–Crippen MR) is 69.3 cm³/mol. The van der Waals surface area contributed by atoms with Crippen LogP contribution in [-0.4, -0.2) is 23.6 Å². The van der Waals surface area contributed by atoms with E-state index in [0.29, 0.717) is 16.7 Å². The number of aromatic amines is 1. The minimum Gasteiger partial charge on any atom is -0.336 e. The van der Waals surface area contributed by atoms with Gasteiger partial charge in [0.15, 0.2) is 0 Å². The molecule has 0 saturated heterocycles. The molecule has 0 aliphatic heterocycles. The third-order valence-electron chi connectivity index (χ3n) is 2.51. The van der Waals surface area contributed by atoms with Crippen molar-refractivity contribution in [1.82, 2.24) is 15.3 Å². The lowest BCUT2D eigenvalue weighted by atomic mass is 10.1. The Balaban J connectivity index is 2.35. The van der Waals surface area contributed by atoms with E-state index in [2.05, 4.69) is 31.2 Å². The molecule has 0 aliphatic rings. The van der Waals surface area contributed by atoms with Crippen LogP contribution < -0.4 is 5.32 Å². The van der Waals surface area contributed by atoms with Crippen LogP contribution in [0, 0.1) is 11.6 Å². The van der Waals surface area contributed by atoms with E-state index in [1.54, 1.807) is 0 Å². The number of H-pyrrole nitrogens is 1. The largest absolute Gasteiger partial charge is 0.336 e. The van der Waals surface area contributed by atoms with Gasteiger partial charge in [-0.2, -0.15) is 0 Å². The summed E-state index contributed by atoms with van der Waals surface area (Å²) in [6, 6.07) is 3.45. The maximum absolute atomic E-state index is 13.7. The average molecular weight is 316 g/mol. The molecule has 0 bridgehead atoms. The molecular weight excluding hydrogens is 304 g/mol. The fraction of sp³-hybridized carbons (Fsp3) is 0.250. The summed E-state index contributed by atoms with van der Waals surface area (Å²) < 4.78 is 27.1. The van der Waals surface area contributed by atoms with Crippen molar-refractivity contribution < 1.29 is 8.78 Å². The van der Waals surface area contributed by atoms with Gasteiger partial charge in [-0.05, 0) is 35.1 Å². The fourth-order valence-corrected chi connectivity index (χ4v) is 2.15. The topological polar surface area (TPSA) is 40.7 Å². The van der Waals surface area contributed by atoms with Crippen LogP contribution in [-0.2, 0) is 6.42 Å². The second kappa shape index (κ2) is 5.58. The Morgan fingerprint density at radius 2 is 2.17 bits per heavy atom. The predicted octanol–water partition coefficient (Wildman–Crippen LogP) is 2.88. The molecule has 2 aromatic rings. The Hall–Kier alpha value is -1.27. The van der Waals surface area contributed by atoms with Crippen molar-refractivity contribution >= 4 is 15.9 Å². The lowest BCUT2D eigenvalue weighted by molar-refractivity contribution is 0.585. The van der Waals surface area contributed by atoms with Crippen molar-refractivity contribution in [1.29, 1.82) is 0 Å². The minimum absolute atomic E-state index is 0.273. The standard InChI is InChI=1S/C12H12BrF2N3/c1-16-5-4-10-17-11(12(13)18-10)8-3-2-7(14)6-9(8)15/h2-3,6,16H,4-5H2,1H3,(H,17,18). The zero-order valence-electron chi connectivity index (χ0n) is 9.73. The van der Waals surface area contributed by atoms with E-state index in [-0.39, 0.29) is 5.56 Å². The maximum atomic E-state index is 13.7. The summed E-state index contributed by atoms with van der Waals surface area (Å²) in [4.78, 5) is 7.33. The van der Waals surface area contributed by atoms with Crippen LogP contribution >= 0.6 is 15.9 Å². The third kappa shape index (κ3) is 2.76. The molecule has 1 aromatic carbocycles. The van der Waals surface area contributed by atoms with E-state index in [1.165, 1.54) is 12.1 Å². The van der Waals surface area contributed by atoms with E-state index >= 15 is 0 Å². The van der Waals surface area contributed by atoms with Crippen LogP contribution in [0.2, 0.25) is 0 Å². The number of benzene rings is 1. The molecule has 96 valence electrons. The van der Waals surface area contributed by atoms with Crippen LogP contribution in [0.25, 0.3) is 11.3 Å². The summed E-state index contributed by atoms with van der Waals surface area (Å²) in [6.07, 6.45) is 0.706. The molecule has 1 aromatic heterocycles. The molecule has 2 rings (SSSR count). The molecule has 3 nitrogen and oxygen atoms in total. The van der Waals surface area contributed by atoms with Crippen LogP contribution in [0.3, 0.4) is 0 Å². The maximum Gasteiger partial charge on any atom is 0.135 e. The second-order valence-corrected chi connectivity index (χ2v) is 4.62. The van der Waals surface area contributed by atoms with E-state index in [4.69, 9.17) is 0 Å². The number of nitrogens with zero attached hydrogens (tertiary/aromatic N) is 1. The van der Waals surface area contributed by atoms with Crippen LogP contribution in [0.1, 0.15) is 5.82 Å². The van der Waals surface area contributed by atoms with Gasteiger partial charge in [-0.15, -0.1) is 0 Å². The number of imidazole rings is 1. The number of hydrogen-bond donors (Lipinski definition) is 2. The summed E-state index contributed by atoms with van der Waals surface area (Å²) in [5.41, 5.74) is 0.730. The van der Waals surface area contributed by atoms with Gasteiger partial charge < -0.3 is 10.3 Å². The van der Waals surface area contributed by atoms with E-state index in [9.17, 15) is 8.78 Å². The Morgan fingerprint density at radius 1 is 1.39 bits per heavy atom. The number of likely N-dealkylation sites (N-methyl/N-ethyl adjacent to an activating group) is 1. The van der Waals surface area contributed by atoms with Gasteiger partial charge in [0.1, 0.15) is 27.8 Å².